The summed E-state index contributed by atoms with van der Waals surface area (Å²) in [4.78, 5) is 25.4. The van der Waals surface area contributed by atoms with Gasteiger partial charge in [-0.05, 0) is 49.2 Å². The minimum absolute atomic E-state index is 0.280. The molecule has 118 valence electrons. The van der Waals surface area contributed by atoms with Crippen LogP contribution < -0.4 is 5.32 Å². The molecule has 22 heavy (non-hydrogen) atoms. The number of hydrogen-bond donors (Lipinski definition) is 1. The standard InChI is InChI=1S/C16H19NO3S2/c1-11(18)20-16(2,3)15(19)17-8-6-13-4-5-14(22-13)12-7-9-21-10-12/h4-5,7,9-10H,6,8H2,1-3H3,(H,17,19). The van der Waals surface area contributed by atoms with Gasteiger partial charge in [0, 0.05) is 28.8 Å². The van der Waals surface area contributed by atoms with E-state index in [1.54, 1.807) is 36.5 Å². The van der Waals surface area contributed by atoms with Crippen LogP contribution in [-0.2, 0) is 20.7 Å². The molecule has 2 aromatic heterocycles. The Hall–Kier alpha value is -1.66. The summed E-state index contributed by atoms with van der Waals surface area (Å²) in [6, 6.07) is 6.29. The third-order valence-electron chi connectivity index (χ3n) is 3.07. The molecule has 2 heterocycles. The highest BCUT2D eigenvalue weighted by molar-refractivity contribution is 7.16. The van der Waals surface area contributed by atoms with Crippen LogP contribution >= 0.6 is 22.7 Å². The van der Waals surface area contributed by atoms with Crippen LogP contribution in [0.2, 0.25) is 0 Å². The van der Waals surface area contributed by atoms with Gasteiger partial charge in [0.25, 0.3) is 5.91 Å². The van der Waals surface area contributed by atoms with Crippen LogP contribution in [0.5, 0.6) is 0 Å². The number of rotatable bonds is 6. The topological polar surface area (TPSA) is 55.4 Å². The minimum Gasteiger partial charge on any atom is -0.450 e. The molecular formula is C16H19NO3S2. The fourth-order valence-electron chi connectivity index (χ4n) is 1.99. The van der Waals surface area contributed by atoms with Gasteiger partial charge in [0.05, 0.1) is 0 Å². The first-order valence-corrected chi connectivity index (χ1v) is 8.73. The van der Waals surface area contributed by atoms with Crippen molar-refractivity contribution in [2.45, 2.75) is 32.8 Å². The number of amides is 1. The highest BCUT2D eigenvalue weighted by atomic mass is 32.1. The van der Waals surface area contributed by atoms with E-state index in [9.17, 15) is 9.59 Å². The van der Waals surface area contributed by atoms with Crippen molar-refractivity contribution in [3.8, 4) is 10.4 Å². The Morgan fingerprint density at radius 1 is 1.27 bits per heavy atom. The third-order valence-corrected chi connectivity index (χ3v) is 4.95. The molecule has 0 fully saturated rings. The lowest BCUT2D eigenvalue weighted by atomic mass is 10.1. The molecule has 0 spiro atoms. The monoisotopic (exact) mass is 337 g/mol. The molecule has 0 saturated carbocycles. The van der Waals surface area contributed by atoms with Crippen molar-refractivity contribution in [3.63, 3.8) is 0 Å². The predicted molar refractivity (Wildman–Crippen MR) is 90.2 cm³/mol. The number of nitrogens with one attached hydrogen (secondary N) is 1. The van der Waals surface area contributed by atoms with Gasteiger partial charge in [0.1, 0.15) is 0 Å². The summed E-state index contributed by atoms with van der Waals surface area (Å²) in [7, 11) is 0. The Kier molecular flexibility index (Phi) is 5.37. The van der Waals surface area contributed by atoms with Gasteiger partial charge in [0.15, 0.2) is 5.60 Å². The molecule has 0 unspecified atom stereocenters. The van der Waals surface area contributed by atoms with Crippen LogP contribution in [0.15, 0.2) is 29.0 Å². The second kappa shape index (κ2) is 7.07. The number of carbonyl (C=O) groups excluding carboxylic acids is 2. The van der Waals surface area contributed by atoms with Gasteiger partial charge in [-0.1, -0.05) is 0 Å². The van der Waals surface area contributed by atoms with E-state index in [1.165, 1.54) is 22.2 Å². The summed E-state index contributed by atoms with van der Waals surface area (Å²) < 4.78 is 5.01. The fourth-order valence-corrected chi connectivity index (χ4v) is 3.72. The first-order chi connectivity index (χ1) is 10.4. The van der Waals surface area contributed by atoms with Crippen molar-refractivity contribution < 1.29 is 14.3 Å². The SMILES string of the molecule is CC(=O)OC(C)(C)C(=O)NCCc1ccc(-c2ccsc2)s1. The zero-order chi connectivity index (χ0) is 16.2. The molecule has 0 aliphatic carbocycles. The molecule has 0 aliphatic heterocycles. The van der Waals surface area contributed by atoms with Crippen LogP contribution in [0.25, 0.3) is 10.4 Å². The third kappa shape index (κ3) is 4.42. The average Bonchev–Trinajstić information content (AvgIpc) is 3.07. The van der Waals surface area contributed by atoms with Crippen molar-refractivity contribution >= 4 is 34.6 Å². The van der Waals surface area contributed by atoms with Gasteiger partial charge in [-0.25, -0.2) is 0 Å². The van der Waals surface area contributed by atoms with E-state index < -0.39 is 11.6 Å². The summed E-state index contributed by atoms with van der Waals surface area (Å²) in [5.41, 5.74) is 0.102. The first kappa shape index (κ1) is 16.7. The maximum absolute atomic E-state index is 12.0. The maximum atomic E-state index is 12.0. The smallest absolute Gasteiger partial charge is 0.303 e. The predicted octanol–water partition coefficient (Wildman–Crippen LogP) is 3.48. The quantitative estimate of drug-likeness (QED) is 0.821. The molecule has 1 N–H and O–H groups in total. The van der Waals surface area contributed by atoms with Crippen molar-refractivity contribution in [3.05, 3.63) is 33.8 Å². The van der Waals surface area contributed by atoms with Crippen molar-refractivity contribution in [2.75, 3.05) is 6.54 Å². The Balaban J connectivity index is 1.84. The molecule has 0 atom stereocenters. The molecule has 2 rings (SSSR count). The van der Waals surface area contributed by atoms with Gasteiger partial charge in [0.2, 0.25) is 0 Å². The molecule has 2 aromatic rings. The Labute approximate surface area is 138 Å². The normalized spacial score (nSPS) is 11.2. The summed E-state index contributed by atoms with van der Waals surface area (Å²) in [6.07, 6.45) is 0.761. The lowest BCUT2D eigenvalue weighted by molar-refractivity contribution is -0.162. The van der Waals surface area contributed by atoms with E-state index in [0.29, 0.717) is 6.54 Å². The Morgan fingerprint density at radius 2 is 2.05 bits per heavy atom. The van der Waals surface area contributed by atoms with E-state index in [4.69, 9.17) is 4.74 Å². The minimum atomic E-state index is -1.14. The maximum Gasteiger partial charge on any atom is 0.303 e. The molecule has 0 aromatic carbocycles. The summed E-state index contributed by atoms with van der Waals surface area (Å²) >= 11 is 3.41. The lowest BCUT2D eigenvalue weighted by Crippen LogP contribution is -2.45. The largest absolute Gasteiger partial charge is 0.450 e. The van der Waals surface area contributed by atoms with E-state index >= 15 is 0 Å². The number of carbonyl (C=O) groups is 2. The molecule has 0 bridgehead atoms. The second-order valence-corrected chi connectivity index (χ2v) is 7.34. The molecule has 4 nitrogen and oxygen atoms in total. The van der Waals surface area contributed by atoms with Crippen LogP contribution in [0.1, 0.15) is 25.6 Å². The zero-order valence-electron chi connectivity index (χ0n) is 12.8. The van der Waals surface area contributed by atoms with Crippen LogP contribution in [0.3, 0.4) is 0 Å². The first-order valence-electron chi connectivity index (χ1n) is 6.97. The average molecular weight is 337 g/mol. The van der Waals surface area contributed by atoms with Crippen molar-refractivity contribution in [1.29, 1.82) is 0 Å². The van der Waals surface area contributed by atoms with Gasteiger partial charge in [-0.3, -0.25) is 9.59 Å². The van der Waals surface area contributed by atoms with E-state index in [1.807, 2.05) is 0 Å². The molecule has 0 aliphatic rings. The molecule has 0 saturated heterocycles. The Morgan fingerprint density at radius 3 is 2.68 bits per heavy atom. The van der Waals surface area contributed by atoms with Crippen LogP contribution in [0.4, 0.5) is 0 Å². The highest BCUT2D eigenvalue weighted by Gasteiger charge is 2.30. The van der Waals surface area contributed by atoms with E-state index in [-0.39, 0.29) is 5.91 Å². The van der Waals surface area contributed by atoms with Crippen LogP contribution in [0, 0.1) is 0 Å². The van der Waals surface area contributed by atoms with E-state index in [2.05, 4.69) is 34.3 Å². The molecule has 0 radical (unpaired) electrons. The Bertz CT molecular complexity index is 644. The van der Waals surface area contributed by atoms with Gasteiger partial charge in [-0.2, -0.15) is 11.3 Å². The highest BCUT2D eigenvalue weighted by Crippen LogP contribution is 2.29. The number of thiophene rings is 2. The van der Waals surface area contributed by atoms with Crippen molar-refractivity contribution in [2.24, 2.45) is 0 Å². The second-order valence-electron chi connectivity index (χ2n) is 5.39. The van der Waals surface area contributed by atoms with Gasteiger partial charge in [-0.15, -0.1) is 11.3 Å². The van der Waals surface area contributed by atoms with Gasteiger partial charge >= 0.3 is 5.97 Å². The molecule has 1 amide bonds. The number of ether oxygens (including phenoxy) is 1. The van der Waals surface area contributed by atoms with Gasteiger partial charge < -0.3 is 10.1 Å². The van der Waals surface area contributed by atoms with Crippen LogP contribution in [-0.4, -0.2) is 24.0 Å². The molecular weight excluding hydrogens is 318 g/mol. The summed E-state index contributed by atoms with van der Waals surface area (Å²) in [6.45, 7) is 4.99. The number of esters is 1. The van der Waals surface area contributed by atoms with E-state index in [0.717, 1.165) is 6.42 Å². The summed E-state index contributed by atoms with van der Waals surface area (Å²) in [5.74, 6) is -0.740. The fraction of sp³-hybridized carbons (Fsp3) is 0.375. The number of hydrogen-bond acceptors (Lipinski definition) is 5. The molecule has 6 heteroatoms. The van der Waals surface area contributed by atoms with Crippen molar-refractivity contribution in [1.82, 2.24) is 5.32 Å². The lowest BCUT2D eigenvalue weighted by Gasteiger charge is -2.23. The summed E-state index contributed by atoms with van der Waals surface area (Å²) in [5, 5.41) is 7.00. The zero-order valence-corrected chi connectivity index (χ0v) is 14.5.